The number of hydrogen-bond donors (Lipinski definition) is 1. The molecule has 0 aliphatic heterocycles. The molecular formula is C20H18F3N7O. The highest BCUT2D eigenvalue weighted by atomic mass is 19.4. The zero-order valence-electron chi connectivity index (χ0n) is 16.7. The van der Waals surface area contributed by atoms with Crippen LogP contribution < -0.4 is 0 Å². The highest BCUT2D eigenvalue weighted by Crippen LogP contribution is 2.38. The van der Waals surface area contributed by atoms with Gasteiger partial charge in [0.2, 0.25) is 0 Å². The maximum absolute atomic E-state index is 13.0. The van der Waals surface area contributed by atoms with Gasteiger partial charge in [0.05, 0.1) is 41.1 Å². The number of nitrogens with zero attached hydrogens (tertiary/aromatic N) is 7. The summed E-state index contributed by atoms with van der Waals surface area (Å²) in [5, 5.41) is 23.1. The average Bonchev–Trinajstić information content (AvgIpc) is 3.30. The van der Waals surface area contributed by atoms with Crippen molar-refractivity contribution in [1.82, 2.24) is 34.7 Å². The molecule has 0 saturated heterocycles. The molecule has 1 aromatic carbocycles. The van der Waals surface area contributed by atoms with Gasteiger partial charge in [-0.2, -0.15) is 18.3 Å². The zero-order valence-corrected chi connectivity index (χ0v) is 16.7. The summed E-state index contributed by atoms with van der Waals surface area (Å²) in [6, 6.07) is 1.79. The van der Waals surface area contributed by atoms with E-state index >= 15 is 0 Å². The van der Waals surface area contributed by atoms with Gasteiger partial charge >= 0.3 is 6.18 Å². The summed E-state index contributed by atoms with van der Waals surface area (Å²) < 4.78 is 42.6. The molecule has 160 valence electrons. The van der Waals surface area contributed by atoms with E-state index in [1.165, 1.54) is 13.1 Å². The molecule has 0 radical (unpaired) electrons. The van der Waals surface area contributed by atoms with Crippen LogP contribution in [0, 0.1) is 6.92 Å². The zero-order chi connectivity index (χ0) is 21.9. The number of aromatic hydroxyl groups is 1. The van der Waals surface area contributed by atoms with Crippen molar-refractivity contribution in [1.29, 1.82) is 0 Å². The van der Waals surface area contributed by atoms with Gasteiger partial charge in [0.1, 0.15) is 11.3 Å². The Hall–Kier alpha value is -3.50. The number of phenolic OH excluding ortho intramolecular Hbond substituents is 1. The largest absolute Gasteiger partial charge is 0.507 e. The first-order chi connectivity index (χ1) is 14.7. The fraction of sp³-hybridized carbons (Fsp3) is 0.350. The second-order valence-corrected chi connectivity index (χ2v) is 7.76. The summed E-state index contributed by atoms with van der Waals surface area (Å²) in [6.07, 6.45) is 1.09. The van der Waals surface area contributed by atoms with Gasteiger partial charge in [0, 0.05) is 19.0 Å². The molecule has 31 heavy (non-hydrogen) atoms. The summed E-state index contributed by atoms with van der Waals surface area (Å²) in [5.74, 6) is -0.496. The van der Waals surface area contributed by atoms with Crippen molar-refractivity contribution in [3.8, 4) is 17.0 Å². The minimum absolute atomic E-state index is 0.102. The van der Waals surface area contributed by atoms with Crippen LogP contribution >= 0.6 is 0 Å². The van der Waals surface area contributed by atoms with Crippen molar-refractivity contribution in [2.24, 2.45) is 7.05 Å². The molecule has 3 aromatic heterocycles. The Balaban J connectivity index is 1.50. The third kappa shape index (κ3) is 3.29. The van der Waals surface area contributed by atoms with Crippen molar-refractivity contribution in [2.75, 3.05) is 0 Å². The molecule has 0 bridgehead atoms. The fourth-order valence-corrected chi connectivity index (χ4v) is 4.11. The Morgan fingerprint density at radius 1 is 1.23 bits per heavy atom. The summed E-state index contributed by atoms with van der Waals surface area (Å²) in [5.41, 5.74) is 2.83. The van der Waals surface area contributed by atoms with Crippen molar-refractivity contribution in [2.45, 2.75) is 38.4 Å². The normalized spacial score (nSPS) is 16.6. The molecule has 1 N–H and O–H groups in total. The Labute approximate surface area is 174 Å². The topological polar surface area (TPSA) is 94.5 Å². The predicted molar refractivity (Wildman–Crippen MR) is 104 cm³/mol. The van der Waals surface area contributed by atoms with E-state index in [1.807, 2.05) is 17.9 Å². The van der Waals surface area contributed by atoms with Crippen molar-refractivity contribution < 1.29 is 18.3 Å². The molecule has 3 heterocycles. The molecule has 1 atom stereocenters. The lowest BCUT2D eigenvalue weighted by molar-refractivity contribution is -0.137. The summed E-state index contributed by atoms with van der Waals surface area (Å²) in [6.45, 7) is 1.50. The van der Waals surface area contributed by atoms with E-state index in [2.05, 4.69) is 25.4 Å². The number of benzene rings is 1. The number of hydrogen-bond acceptors (Lipinski definition) is 6. The van der Waals surface area contributed by atoms with E-state index in [4.69, 9.17) is 0 Å². The van der Waals surface area contributed by atoms with Crippen molar-refractivity contribution in [3.05, 3.63) is 47.0 Å². The van der Waals surface area contributed by atoms with E-state index < -0.39 is 17.5 Å². The molecule has 11 heteroatoms. The van der Waals surface area contributed by atoms with Gasteiger partial charge in [0.15, 0.2) is 5.65 Å². The molecule has 4 aromatic rings. The van der Waals surface area contributed by atoms with E-state index in [1.54, 1.807) is 4.68 Å². The van der Waals surface area contributed by atoms with Gasteiger partial charge < -0.3 is 5.11 Å². The maximum Gasteiger partial charge on any atom is 0.416 e. The van der Waals surface area contributed by atoms with Crippen LogP contribution in [0.2, 0.25) is 0 Å². The quantitative estimate of drug-likeness (QED) is 0.525. The van der Waals surface area contributed by atoms with Crippen LogP contribution in [0.15, 0.2) is 24.5 Å². The number of halogens is 3. The highest BCUT2D eigenvalue weighted by Gasteiger charge is 2.32. The highest BCUT2D eigenvalue weighted by molar-refractivity contribution is 5.77. The molecule has 1 aliphatic carbocycles. The summed E-state index contributed by atoms with van der Waals surface area (Å²) >= 11 is 0. The SMILES string of the molecule is Cc1cc(C(F)(F)F)cc(O)c1-c1cnc2cn([C@@H]3CCc4nnn(C)c4C3)nc2n1. The molecule has 0 saturated carbocycles. The number of aromatic nitrogens is 7. The van der Waals surface area contributed by atoms with Gasteiger partial charge in [-0.05, 0) is 37.5 Å². The number of rotatable bonds is 2. The minimum Gasteiger partial charge on any atom is -0.507 e. The van der Waals surface area contributed by atoms with Crippen LogP contribution in [0.4, 0.5) is 13.2 Å². The molecule has 0 spiro atoms. The van der Waals surface area contributed by atoms with Crippen molar-refractivity contribution >= 4 is 11.2 Å². The molecular weight excluding hydrogens is 411 g/mol. The molecule has 0 unspecified atom stereocenters. The number of fused-ring (bicyclic) bond motifs is 2. The lowest BCUT2D eigenvalue weighted by atomic mass is 9.96. The second kappa shape index (κ2) is 6.76. The van der Waals surface area contributed by atoms with Crippen LogP contribution in [0.25, 0.3) is 22.4 Å². The Morgan fingerprint density at radius 2 is 2.03 bits per heavy atom. The average molecular weight is 429 g/mol. The number of phenols is 1. The van der Waals surface area contributed by atoms with Crippen molar-refractivity contribution in [3.63, 3.8) is 0 Å². The van der Waals surface area contributed by atoms with Gasteiger partial charge in [0.25, 0.3) is 0 Å². The Kier molecular flexibility index (Phi) is 4.24. The molecule has 1 aliphatic rings. The third-order valence-electron chi connectivity index (χ3n) is 5.69. The van der Waals surface area contributed by atoms with Gasteiger partial charge in [-0.25, -0.2) is 9.97 Å². The summed E-state index contributed by atoms with van der Waals surface area (Å²) in [7, 11) is 1.86. The van der Waals surface area contributed by atoms with Gasteiger partial charge in [-0.1, -0.05) is 5.21 Å². The lowest BCUT2D eigenvalue weighted by Gasteiger charge is -2.21. The van der Waals surface area contributed by atoms with Gasteiger partial charge in [-0.3, -0.25) is 9.36 Å². The molecule has 0 fully saturated rings. The van der Waals surface area contributed by atoms with Crippen LogP contribution in [0.3, 0.4) is 0 Å². The van der Waals surface area contributed by atoms with Crippen LogP contribution in [-0.4, -0.2) is 39.8 Å². The number of alkyl halides is 3. The van der Waals surface area contributed by atoms with E-state index in [-0.39, 0.29) is 22.9 Å². The maximum atomic E-state index is 13.0. The first kappa shape index (κ1) is 19.5. The monoisotopic (exact) mass is 429 g/mol. The van der Waals surface area contributed by atoms with Crippen LogP contribution in [0.5, 0.6) is 5.75 Å². The first-order valence-corrected chi connectivity index (χ1v) is 9.71. The van der Waals surface area contributed by atoms with E-state index in [0.29, 0.717) is 17.2 Å². The number of aryl methyl sites for hydroxylation is 3. The Bertz CT molecular complexity index is 1290. The standard InChI is InChI=1S/C20H18F3N7O/c1-10-5-11(20(21,22)23)6-17(31)18(10)14-8-24-15-9-30(27-19(15)25-14)12-3-4-13-16(7-12)29(2)28-26-13/h5-6,8-9,12,31H,3-4,7H2,1-2H3/t12-/m1/s1. The smallest absolute Gasteiger partial charge is 0.416 e. The first-order valence-electron chi connectivity index (χ1n) is 9.71. The molecule has 8 nitrogen and oxygen atoms in total. The van der Waals surface area contributed by atoms with E-state index in [9.17, 15) is 18.3 Å². The lowest BCUT2D eigenvalue weighted by Crippen LogP contribution is -2.20. The van der Waals surface area contributed by atoms with Crippen LogP contribution in [-0.2, 0) is 26.1 Å². The Morgan fingerprint density at radius 3 is 2.77 bits per heavy atom. The molecule has 0 amide bonds. The minimum atomic E-state index is -4.54. The molecule has 5 rings (SSSR count). The van der Waals surface area contributed by atoms with Gasteiger partial charge in [-0.15, -0.1) is 5.10 Å². The predicted octanol–water partition coefficient (Wildman–Crippen LogP) is 3.38. The third-order valence-corrected chi connectivity index (χ3v) is 5.69. The second-order valence-electron chi connectivity index (χ2n) is 7.76. The fourth-order valence-electron chi connectivity index (χ4n) is 4.11. The van der Waals surface area contributed by atoms with Crippen LogP contribution in [0.1, 0.15) is 35.0 Å². The summed E-state index contributed by atoms with van der Waals surface area (Å²) in [4.78, 5) is 8.83. The van der Waals surface area contributed by atoms with E-state index in [0.717, 1.165) is 36.7 Å².